The van der Waals surface area contributed by atoms with Gasteiger partial charge in [-0.25, -0.2) is 0 Å². The summed E-state index contributed by atoms with van der Waals surface area (Å²) in [6.07, 6.45) is 30.3. The van der Waals surface area contributed by atoms with Crippen molar-refractivity contribution >= 4 is 0 Å². The molecule has 7 heteroatoms. The summed E-state index contributed by atoms with van der Waals surface area (Å²) in [7, 11) is 6.89. The van der Waals surface area contributed by atoms with E-state index in [1.807, 2.05) is 0 Å². The Bertz CT molecular complexity index is 744. The molecule has 0 rings (SSSR count). The molecular weight excluding hydrogens is 665 g/mol. The second-order valence-corrected chi connectivity index (χ2v) is 18.9. The standard InChI is InChI=1S/C47H103N6O/c1-9-12-13-14-15-16-17-20-33-50-38-45(28-23-26-43(5)37-49-32-21-18-19-22-34-53(6,7)8)30-25-31-46(29-24-27-44(11-3)35-48)39-52-41-47(54)40-51-36-42(4)10-2/h42-47,49-52,54H,9-41,48H2,1-8H3/q+1. The first-order chi connectivity index (χ1) is 26.0. The Kier molecular flexibility index (Phi) is 38.1. The van der Waals surface area contributed by atoms with Crippen molar-refractivity contribution < 1.29 is 9.59 Å². The van der Waals surface area contributed by atoms with Crippen LogP contribution in [0.4, 0.5) is 0 Å². The fourth-order valence-corrected chi connectivity index (χ4v) is 7.83. The maximum Gasteiger partial charge on any atom is 0.0788 e. The van der Waals surface area contributed by atoms with Gasteiger partial charge in [0.1, 0.15) is 0 Å². The Balaban J connectivity index is 4.83. The van der Waals surface area contributed by atoms with Crippen LogP contribution in [-0.2, 0) is 0 Å². The first kappa shape index (κ1) is 53.7. The Morgan fingerprint density at radius 2 is 0.907 bits per heavy atom. The number of hydrogen-bond donors (Lipinski definition) is 6. The van der Waals surface area contributed by atoms with Crippen molar-refractivity contribution in [1.29, 1.82) is 0 Å². The summed E-state index contributed by atoms with van der Waals surface area (Å²) in [5.74, 6) is 3.53. The molecule has 0 bridgehead atoms. The molecule has 0 aromatic carbocycles. The molecule has 0 fully saturated rings. The Labute approximate surface area is 340 Å². The molecule has 326 valence electrons. The molecule has 7 nitrogen and oxygen atoms in total. The van der Waals surface area contributed by atoms with Crippen LogP contribution in [0.2, 0.25) is 0 Å². The minimum Gasteiger partial charge on any atom is -0.390 e. The first-order valence-electron chi connectivity index (χ1n) is 24.1. The molecule has 0 saturated heterocycles. The maximum atomic E-state index is 10.6. The normalized spacial score (nSPS) is 15.7. The van der Waals surface area contributed by atoms with Crippen molar-refractivity contribution in [3.63, 3.8) is 0 Å². The molecule has 0 aliphatic carbocycles. The van der Waals surface area contributed by atoms with E-state index < -0.39 is 0 Å². The van der Waals surface area contributed by atoms with E-state index in [4.69, 9.17) is 5.73 Å². The molecule has 0 aliphatic rings. The van der Waals surface area contributed by atoms with Crippen molar-refractivity contribution in [3.8, 4) is 0 Å². The van der Waals surface area contributed by atoms with Gasteiger partial charge in [0.2, 0.25) is 0 Å². The molecule has 0 aromatic rings. The van der Waals surface area contributed by atoms with Crippen molar-refractivity contribution in [2.24, 2.45) is 35.3 Å². The maximum absolute atomic E-state index is 10.6. The Morgan fingerprint density at radius 3 is 1.43 bits per heavy atom. The molecule has 0 amide bonds. The summed E-state index contributed by atoms with van der Waals surface area (Å²) in [6.45, 7) is 21.7. The third-order valence-corrected chi connectivity index (χ3v) is 12.1. The number of rotatable bonds is 43. The number of aliphatic hydroxyl groups is 1. The van der Waals surface area contributed by atoms with Gasteiger partial charge in [0.15, 0.2) is 0 Å². The molecule has 0 aromatic heterocycles. The lowest BCUT2D eigenvalue weighted by Gasteiger charge is -2.23. The van der Waals surface area contributed by atoms with Crippen LogP contribution in [0.1, 0.15) is 182 Å². The highest BCUT2D eigenvalue weighted by molar-refractivity contribution is 4.72. The van der Waals surface area contributed by atoms with E-state index >= 15 is 0 Å². The highest BCUT2D eigenvalue weighted by Gasteiger charge is 2.15. The second-order valence-electron chi connectivity index (χ2n) is 18.9. The van der Waals surface area contributed by atoms with Gasteiger partial charge in [0.05, 0.1) is 33.8 Å². The summed E-state index contributed by atoms with van der Waals surface area (Å²) in [6, 6.07) is 0. The van der Waals surface area contributed by atoms with Gasteiger partial charge in [-0.15, -0.1) is 0 Å². The predicted octanol–water partition coefficient (Wildman–Crippen LogP) is 9.52. The van der Waals surface area contributed by atoms with Crippen LogP contribution >= 0.6 is 0 Å². The molecule has 6 atom stereocenters. The van der Waals surface area contributed by atoms with Gasteiger partial charge in [0, 0.05) is 13.1 Å². The third-order valence-electron chi connectivity index (χ3n) is 12.1. The number of hydrogen-bond acceptors (Lipinski definition) is 6. The third kappa shape index (κ3) is 37.3. The van der Waals surface area contributed by atoms with E-state index in [2.05, 4.69) is 77.0 Å². The van der Waals surface area contributed by atoms with Gasteiger partial charge in [-0.3, -0.25) is 0 Å². The van der Waals surface area contributed by atoms with Crippen LogP contribution in [0.15, 0.2) is 0 Å². The largest absolute Gasteiger partial charge is 0.390 e. The Morgan fingerprint density at radius 1 is 0.463 bits per heavy atom. The lowest BCUT2D eigenvalue weighted by atomic mass is 9.88. The quantitative estimate of drug-likeness (QED) is 0.0274. The van der Waals surface area contributed by atoms with Gasteiger partial charge in [-0.2, -0.15) is 0 Å². The van der Waals surface area contributed by atoms with Crippen LogP contribution in [0.25, 0.3) is 0 Å². The zero-order valence-corrected chi connectivity index (χ0v) is 38.3. The summed E-state index contributed by atoms with van der Waals surface area (Å²) in [5, 5.41) is 25.4. The number of nitrogens with zero attached hydrogens (tertiary/aromatic N) is 1. The molecule has 0 aliphatic heterocycles. The average Bonchev–Trinajstić information content (AvgIpc) is 3.14. The van der Waals surface area contributed by atoms with Crippen molar-refractivity contribution in [2.45, 2.75) is 188 Å². The molecule has 54 heavy (non-hydrogen) atoms. The smallest absolute Gasteiger partial charge is 0.0788 e. The van der Waals surface area contributed by atoms with E-state index in [9.17, 15) is 5.11 Å². The van der Waals surface area contributed by atoms with Crippen molar-refractivity contribution in [2.75, 3.05) is 86.6 Å². The minimum absolute atomic E-state index is 0.326. The lowest BCUT2D eigenvalue weighted by Crippen LogP contribution is -2.38. The molecule has 0 saturated carbocycles. The summed E-state index contributed by atoms with van der Waals surface area (Å²) in [4.78, 5) is 0. The predicted molar refractivity (Wildman–Crippen MR) is 241 cm³/mol. The average molecular weight is 768 g/mol. The minimum atomic E-state index is -0.326. The molecule has 0 spiro atoms. The monoisotopic (exact) mass is 768 g/mol. The highest BCUT2D eigenvalue weighted by Crippen LogP contribution is 2.23. The van der Waals surface area contributed by atoms with Crippen LogP contribution in [-0.4, -0.2) is 102 Å². The number of unbranched alkanes of at least 4 members (excludes halogenated alkanes) is 10. The summed E-state index contributed by atoms with van der Waals surface area (Å²) in [5.41, 5.74) is 6.05. The van der Waals surface area contributed by atoms with E-state index in [1.54, 1.807) is 0 Å². The summed E-state index contributed by atoms with van der Waals surface area (Å²) < 4.78 is 1.09. The number of nitrogens with two attached hydrogens (primary N) is 1. The van der Waals surface area contributed by atoms with E-state index in [0.29, 0.717) is 30.8 Å². The van der Waals surface area contributed by atoms with E-state index in [-0.39, 0.29) is 6.10 Å². The van der Waals surface area contributed by atoms with E-state index in [0.717, 1.165) is 36.0 Å². The fraction of sp³-hybridized carbons (Fsp3) is 1.00. The second kappa shape index (κ2) is 38.2. The van der Waals surface area contributed by atoms with Gasteiger partial charge in [-0.05, 0) is 140 Å². The van der Waals surface area contributed by atoms with Crippen LogP contribution < -0.4 is 27.0 Å². The SMILES string of the molecule is CCCCCCCCCCNCC(CCCC(C)CNCCCCCC[N+](C)(C)C)CCCC(CCCC(CC)CN)CNCC(O)CNCC(C)CC. The molecular formula is C47H103N6O+. The molecule has 7 N–H and O–H groups in total. The zero-order chi connectivity index (χ0) is 40.1. The number of nitrogens with one attached hydrogen (secondary N) is 4. The number of quaternary nitrogens is 1. The van der Waals surface area contributed by atoms with Gasteiger partial charge in [0.25, 0.3) is 0 Å². The first-order valence-corrected chi connectivity index (χ1v) is 24.1. The zero-order valence-electron chi connectivity index (χ0n) is 38.3. The van der Waals surface area contributed by atoms with Crippen LogP contribution in [0, 0.1) is 29.6 Å². The molecule has 0 heterocycles. The summed E-state index contributed by atoms with van der Waals surface area (Å²) >= 11 is 0. The van der Waals surface area contributed by atoms with Crippen LogP contribution in [0.5, 0.6) is 0 Å². The molecule has 0 radical (unpaired) electrons. The van der Waals surface area contributed by atoms with Gasteiger partial charge >= 0.3 is 0 Å². The van der Waals surface area contributed by atoms with Gasteiger partial charge < -0.3 is 36.6 Å². The van der Waals surface area contributed by atoms with Crippen molar-refractivity contribution in [1.82, 2.24) is 21.3 Å². The lowest BCUT2D eigenvalue weighted by molar-refractivity contribution is -0.870. The topological polar surface area (TPSA) is 94.4 Å². The van der Waals surface area contributed by atoms with Crippen molar-refractivity contribution in [3.05, 3.63) is 0 Å². The van der Waals surface area contributed by atoms with Gasteiger partial charge in [-0.1, -0.05) is 118 Å². The molecule has 6 unspecified atom stereocenters. The number of aliphatic hydroxyl groups excluding tert-OH is 1. The highest BCUT2D eigenvalue weighted by atomic mass is 16.3. The van der Waals surface area contributed by atoms with E-state index in [1.165, 1.54) is 180 Å². The Hall–Kier alpha value is -0.280. The fourth-order valence-electron chi connectivity index (χ4n) is 7.83. The van der Waals surface area contributed by atoms with Crippen LogP contribution in [0.3, 0.4) is 0 Å².